The Balaban J connectivity index is 1.54. The number of amides is 1. The molecule has 0 saturated heterocycles. The number of hydrogen-bond acceptors (Lipinski definition) is 5. The Morgan fingerprint density at radius 2 is 1.94 bits per heavy atom. The number of halogens is 4. The van der Waals surface area contributed by atoms with Crippen LogP contribution in [0, 0.1) is 0 Å². The zero-order valence-electron chi connectivity index (χ0n) is 16.1. The summed E-state index contributed by atoms with van der Waals surface area (Å²) in [6.07, 6.45) is -1.26. The first-order chi connectivity index (χ1) is 14.8. The molecule has 1 aliphatic carbocycles. The average molecular weight is 452 g/mol. The molecule has 6 nitrogen and oxygen atoms in total. The zero-order valence-corrected chi connectivity index (χ0v) is 16.9. The number of hydrogen-bond donors (Lipinski definition) is 0. The molecule has 1 aliphatic rings. The minimum absolute atomic E-state index is 0.0419. The highest BCUT2D eigenvalue weighted by Crippen LogP contribution is 2.40. The lowest BCUT2D eigenvalue weighted by Gasteiger charge is -2.21. The van der Waals surface area contributed by atoms with Gasteiger partial charge in [-0.1, -0.05) is 16.8 Å². The molecule has 1 saturated carbocycles. The zero-order chi connectivity index (χ0) is 22.0. The van der Waals surface area contributed by atoms with Gasteiger partial charge < -0.3 is 14.2 Å². The van der Waals surface area contributed by atoms with Gasteiger partial charge in [0.05, 0.1) is 12.7 Å². The molecule has 1 amide bonds. The number of alkyl halides is 3. The number of carbonyl (C=O) groups excluding carboxylic acids is 1. The summed E-state index contributed by atoms with van der Waals surface area (Å²) in [5.74, 6) is 0.632. The Bertz CT molecular complexity index is 1050. The molecule has 0 bridgehead atoms. The van der Waals surface area contributed by atoms with Crippen molar-refractivity contribution in [2.45, 2.75) is 31.5 Å². The first kappa shape index (κ1) is 21.2. The third-order valence-electron chi connectivity index (χ3n) is 4.62. The lowest BCUT2D eigenvalue weighted by atomic mass is 10.2. The Labute approximate surface area is 180 Å². The third-order valence-corrected chi connectivity index (χ3v) is 4.87. The van der Waals surface area contributed by atoms with Crippen LogP contribution in [-0.4, -0.2) is 28.8 Å². The molecular formula is C21H17ClF3N3O3. The maximum atomic E-state index is 13.2. The van der Waals surface area contributed by atoms with E-state index in [1.165, 1.54) is 17.0 Å². The van der Waals surface area contributed by atoms with Crippen molar-refractivity contribution in [3.63, 3.8) is 0 Å². The van der Waals surface area contributed by atoms with E-state index >= 15 is 0 Å². The molecular weight excluding hydrogens is 435 g/mol. The molecule has 2 heterocycles. The Morgan fingerprint density at radius 1 is 1.19 bits per heavy atom. The predicted octanol–water partition coefficient (Wildman–Crippen LogP) is 5.39. The Morgan fingerprint density at radius 3 is 2.55 bits per heavy atom. The SMILES string of the molecule is O=C(c1ccc(OCC(F)(F)F)cn1)N(Cc1cc(C2CC2)on1)c1ccc(Cl)cc1. The van der Waals surface area contributed by atoms with E-state index in [2.05, 4.69) is 14.9 Å². The highest BCUT2D eigenvalue weighted by Gasteiger charge is 2.30. The molecule has 0 atom stereocenters. The van der Waals surface area contributed by atoms with Crippen molar-refractivity contribution >= 4 is 23.2 Å². The maximum Gasteiger partial charge on any atom is 0.422 e. The molecule has 0 spiro atoms. The Kier molecular flexibility index (Phi) is 5.86. The van der Waals surface area contributed by atoms with Gasteiger partial charge in [-0.15, -0.1) is 0 Å². The summed E-state index contributed by atoms with van der Waals surface area (Å²) in [6.45, 7) is -1.31. The molecule has 0 unspecified atom stereocenters. The van der Waals surface area contributed by atoms with Crippen LogP contribution < -0.4 is 9.64 Å². The van der Waals surface area contributed by atoms with Crippen LogP contribution in [0.15, 0.2) is 53.2 Å². The van der Waals surface area contributed by atoms with Gasteiger partial charge in [-0.05, 0) is 49.2 Å². The summed E-state index contributed by atoms with van der Waals surface area (Å²) < 4.78 is 46.9. The summed E-state index contributed by atoms with van der Waals surface area (Å²) in [5.41, 5.74) is 1.18. The van der Waals surface area contributed by atoms with Gasteiger partial charge >= 0.3 is 6.18 Å². The van der Waals surface area contributed by atoms with Crippen molar-refractivity contribution in [3.8, 4) is 5.75 Å². The van der Waals surface area contributed by atoms with Gasteiger partial charge in [-0.3, -0.25) is 4.79 Å². The fourth-order valence-electron chi connectivity index (χ4n) is 2.92. The van der Waals surface area contributed by atoms with E-state index in [4.69, 9.17) is 16.1 Å². The lowest BCUT2D eigenvalue weighted by Crippen LogP contribution is -2.31. The highest BCUT2D eigenvalue weighted by atomic mass is 35.5. The van der Waals surface area contributed by atoms with Gasteiger partial charge in [0.1, 0.15) is 22.9 Å². The maximum absolute atomic E-state index is 13.2. The number of aromatic nitrogens is 2. The second kappa shape index (κ2) is 8.58. The number of anilines is 1. The number of pyridine rings is 1. The molecule has 0 aliphatic heterocycles. The topological polar surface area (TPSA) is 68.5 Å². The molecule has 2 aromatic heterocycles. The number of ether oxygens (including phenoxy) is 1. The standard InChI is InChI=1S/C21H17ClF3N3O3/c22-14-3-5-16(6-4-14)28(11-15-9-19(31-27-15)13-1-2-13)20(29)18-8-7-17(10-26-18)30-12-21(23,24)25/h3-10,13H,1-2,11-12H2. The van der Waals surface area contributed by atoms with Gasteiger partial charge in [0.15, 0.2) is 6.61 Å². The second-order valence-electron chi connectivity index (χ2n) is 7.15. The molecule has 0 N–H and O–H groups in total. The average Bonchev–Trinajstić information content (AvgIpc) is 3.49. The van der Waals surface area contributed by atoms with E-state index in [9.17, 15) is 18.0 Å². The Hall–Kier alpha value is -3.07. The van der Waals surface area contributed by atoms with E-state index in [0.29, 0.717) is 22.3 Å². The smallest absolute Gasteiger partial charge is 0.422 e. The van der Waals surface area contributed by atoms with Crippen LogP contribution >= 0.6 is 11.6 Å². The van der Waals surface area contributed by atoms with Gasteiger partial charge in [0.25, 0.3) is 5.91 Å². The number of nitrogens with zero attached hydrogens (tertiary/aromatic N) is 3. The lowest BCUT2D eigenvalue weighted by molar-refractivity contribution is -0.153. The summed E-state index contributed by atoms with van der Waals surface area (Å²) in [4.78, 5) is 18.6. The van der Waals surface area contributed by atoms with Crippen LogP contribution in [0.4, 0.5) is 18.9 Å². The molecule has 162 valence electrons. The molecule has 31 heavy (non-hydrogen) atoms. The normalized spacial score (nSPS) is 13.8. The predicted molar refractivity (Wildman–Crippen MR) is 106 cm³/mol. The number of rotatable bonds is 7. The van der Waals surface area contributed by atoms with Crippen molar-refractivity contribution in [2.24, 2.45) is 0 Å². The summed E-state index contributed by atoms with van der Waals surface area (Å²) >= 11 is 5.96. The largest absolute Gasteiger partial charge is 0.483 e. The van der Waals surface area contributed by atoms with Crippen molar-refractivity contribution in [2.75, 3.05) is 11.5 Å². The highest BCUT2D eigenvalue weighted by molar-refractivity contribution is 6.30. The first-order valence-corrected chi connectivity index (χ1v) is 9.85. The second-order valence-corrected chi connectivity index (χ2v) is 7.58. The molecule has 10 heteroatoms. The van der Waals surface area contributed by atoms with Crippen LogP contribution in [0.2, 0.25) is 5.02 Å². The van der Waals surface area contributed by atoms with Crippen LogP contribution in [0.25, 0.3) is 0 Å². The van der Waals surface area contributed by atoms with Crippen LogP contribution in [0.5, 0.6) is 5.75 Å². The fourth-order valence-corrected chi connectivity index (χ4v) is 3.05. The van der Waals surface area contributed by atoms with E-state index < -0.39 is 18.7 Å². The fraction of sp³-hybridized carbons (Fsp3) is 0.286. The van der Waals surface area contributed by atoms with Crippen molar-refractivity contribution in [1.82, 2.24) is 10.1 Å². The summed E-state index contributed by atoms with van der Waals surface area (Å²) in [7, 11) is 0. The molecule has 3 aromatic rings. The van der Waals surface area contributed by atoms with E-state index in [-0.39, 0.29) is 18.0 Å². The van der Waals surface area contributed by atoms with Crippen molar-refractivity contribution < 1.29 is 27.2 Å². The van der Waals surface area contributed by atoms with Gasteiger partial charge in [0, 0.05) is 22.7 Å². The van der Waals surface area contributed by atoms with Crippen molar-refractivity contribution in [1.29, 1.82) is 0 Å². The van der Waals surface area contributed by atoms with Gasteiger partial charge in [0.2, 0.25) is 0 Å². The molecule has 1 aromatic carbocycles. The van der Waals surface area contributed by atoms with E-state index in [1.807, 2.05) is 6.07 Å². The monoisotopic (exact) mass is 451 g/mol. The minimum Gasteiger partial charge on any atom is -0.483 e. The van der Waals surface area contributed by atoms with Gasteiger partial charge in [-0.2, -0.15) is 13.2 Å². The number of carbonyl (C=O) groups is 1. The molecule has 4 rings (SSSR count). The van der Waals surface area contributed by atoms with E-state index in [1.54, 1.807) is 24.3 Å². The first-order valence-electron chi connectivity index (χ1n) is 9.47. The van der Waals surface area contributed by atoms with Crippen LogP contribution in [0.3, 0.4) is 0 Å². The van der Waals surface area contributed by atoms with Crippen LogP contribution in [-0.2, 0) is 6.54 Å². The summed E-state index contributed by atoms with van der Waals surface area (Å²) in [5, 5.41) is 4.57. The minimum atomic E-state index is -4.46. The summed E-state index contributed by atoms with van der Waals surface area (Å²) in [6, 6.07) is 11.1. The van der Waals surface area contributed by atoms with Gasteiger partial charge in [-0.25, -0.2) is 4.98 Å². The quantitative estimate of drug-likeness (QED) is 0.482. The van der Waals surface area contributed by atoms with Crippen molar-refractivity contribution in [3.05, 3.63) is 70.8 Å². The third kappa shape index (κ3) is 5.55. The number of benzene rings is 1. The van der Waals surface area contributed by atoms with Crippen LogP contribution in [0.1, 0.15) is 40.7 Å². The molecule has 1 fully saturated rings. The van der Waals surface area contributed by atoms with E-state index in [0.717, 1.165) is 24.8 Å². The molecule has 0 radical (unpaired) electrons.